The van der Waals surface area contributed by atoms with Crippen molar-refractivity contribution >= 4 is 26.0 Å². The topological polar surface area (TPSA) is 67.4 Å². The van der Waals surface area contributed by atoms with Gasteiger partial charge in [0.15, 0.2) is 0 Å². The van der Waals surface area contributed by atoms with Gasteiger partial charge in [-0.15, -0.1) is 0 Å². The number of rotatable bonds is 4. The summed E-state index contributed by atoms with van der Waals surface area (Å²) in [5, 5.41) is 3.55. The van der Waals surface area contributed by atoms with Gasteiger partial charge in [-0.25, -0.2) is 13.1 Å². The minimum Gasteiger partial charge on any atom is -0.495 e. The van der Waals surface area contributed by atoms with Gasteiger partial charge in [0.1, 0.15) is 10.6 Å². The lowest BCUT2D eigenvalue weighted by Crippen LogP contribution is -2.62. The molecule has 0 aromatic heterocycles. The van der Waals surface area contributed by atoms with E-state index >= 15 is 0 Å². The molecule has 1 aromatic carbocycles. The Labute approximate surface area is 147 Å². The molecule has 1 aliphatic heterocycles. The van der Waals surface area contributed by atoms with Gasteiger partial charge in [-0.05, 0) is 58.7 Å². The van der Waals surface area contributed by atoms with E-state index in [2.05, 4.69) is 53.7 Å². The Kier molecular flexibility index (Phi) is 5.16. The molecule has 0 bridgehead atoms. The number of halogens is 1. The highest BCUT2D eigenvalue weighted by Crippen LogP contribution is 2.31. The molecule has 130 valence electrons. The van der Waals surface area contributed by atoms with Crippen molar-refractivity contribution in [2.24, 2.45) is 0 Å². The van der Waals surface area contributed by atoms with Gasteiger partial charge in [0.25, 0.3) is 0 Å². The van der Waals surface area contributed by atoms with Crippen LogP contribution >= 0.6 is 15.9 Å². The van der Waals surface area contributed by atoms with Crippen molar-refractivity contribution in [3.8, 4) is 5.75 Å². The van der Waals surface area contributed by atoms with Crippen LogP contribution in [0, 0.1) is 0 Å². The summed E-state index contributed by atoms with van der Waals surface area (Å²) in [4.78, 5) is 0.164. The summed E-state index contributed by atoms with van der Waals surface area (Å²) < 4.78 is 34.4. The van der Waals surface area contributed by atoms with Crippen LogP contribution in [0.2, 0.25) is 0 Å². The average Bonchev–Trinajstić information content (AvgIpc) is 2.33. The number of piperidine rings is 1. The quantitative estimate of drug-likeness (QED) is 0.808. The van der Waals surface area contributed by atoms with Crippen LogP contribution in [-0.4, -0.2) is 32.6 Å². The first-order valence-electron chi connectivity index (χ1n) is 7.59. The fourth-order valence-corrected chi connectivity index (χ4v) is 5.28. The zero-order valence-electron chi connectivity index (χ0n) is 14.2. The maximum atomic E-state index is 12.8. The van der Waals surface area contributed by atoms with Gasteiger partial charge in [0.05, 0.1) is 7.11 Å². The first-order chi connectivity index (χ1) is 10.4. The standard InChI is InChI=1S/C16H25BrN2O3S/c1-15(2)9-12(10-16(3,4)19-15)18-23(20,21)14-7-6-11(17)8-13(14)22-5/h6-8,12,18-19H,9-10H2,1-5H3. The lowest BCUT2D eigenvalue weighted by Gasteiger charge is -2.46. The third-order valence-electron chi connectivity index (χ3n) is 3.93. The molecule has 2 N–H and O–H groups in total. The Morgan fingerprint density at radius 2 is 1.78 bits per heavy atom. The summed E-state index contributed by atoms with van der Waals surface area (Å²) in [5.74, 6) is 0.333. The molecular formula is C16H25BrN2O3S. The SMILES string of the molecule is COc1cc(Br)ccc1S(=O)(=O)NC1CC(C)(C)NC(C)(C)C1. The van der Waals surface area contributed by atoms with Crippen LogP contribution in [0.25, 0.3) is 0 Å². The Bertz CT molecular complexity index is 671. The first-order valence-corrected chi connectivity index (χ1v) is 9.87. The monoisotopic (exact) mass is 404 g/mol. The number of sulfonamides is 1. The van der Waals surface area contributed by atoms with Gasteiger partial charge < -0.3 is 10.1 Å². The van der Waals surface area contributed by atoms with Crippen LogP contribution in [0.1, 0.15) is 40.5 Å². The molecule has 1 fully saturated rings. The zero-order chi connectivity index (χ0) is 17.5. The molecular weight excluding hydrogens is 380 g/mol. The number of methoxy groups -OCH3 is 1. The van der Waals surface area contributed by atoms with E-state index in [0.717, 1.165) is 17.3 Å². The molecule has 0 spiro atoms. The van der Waals surface area contributed by atoms with Crippen LogP contribution < -0.4 is 14.8 Å². The van der Waals surface area contributed by atoms with Crippen molar-refractivity contribution in [2.75, 3.05) is 7.11 Å². The summed E-state index contributed by atoms with van der Waals surface area (Å²) >= 11 is 3.33. The number of benzene rings is 1. The van der Waals surface area contributed by atoms with E-state index in [4.69, 9.17) is 4.74 Å². The smallest absolute Gasteiger partial charge is 0.244 e. The van der Waals surface area contributed by atoms with E-state index in [1.54, 1.807) is 18.2 Å². The molecule has 7 heteroatoms. The second-order valence-electron chi connectivity index (χ2n) is 7.41. The lowest BCUT2D eigenvalue weighted by atomic mass is 9.80. The summed E-state index contributed by atoms with van der Waals surface area (Å²) in [5.41, 5.74) is -0.253. The van der Waals surface area contributed by atoms with Gasteiger partial charge in [0, 0.05) is 21.6 Å². The summed E-state index contributed by atoms with van der Waals surface area (Å²) in [6.45, 7) is 8.37. The molecule has 0 aliphatic carbocycles. The fraction of sp³-hybridized carbons (Fsp3) is 0.625. The summed E-state index contributed by atoms with van der Waals surface area (Å²) in [6.07, 6.45) is 1.46. The highest BCUT2D eigenvalue weighted by molar-refractivity contribution is 9.10. The van der Waals surface area contributed by atoms with Crippen molar-refractivity contribution in [1.29, 1.82) is 0 Å². The fourth-order valence-electron chi connectivity index (χ4n) is 3.55. The molecule has 5 nitrogen and oxygen atoms in total. The first kappa shape index (κ1) is 18.7. The minimum absolute atomic E-state index is 0.125. The molecule has 1 aliphatic rings. The molecule has 1 aromatic rings. The molecule has 0 amide bonds. The zero-order valence-corrected chi connectivity index (χ0v) is 16.6. The van der Waals surface area contributed by atoms with Crippen molar-refractivity contribution < 1.29 is 13.2 Å². The van der Waals surface area contributed by atoms with E-state index in [9.17, 15) is 8.42 Å². The summed E-state index contributed by atoms with van der Waals surface area (Å²) in [7, 11) is -2.17. The second-order valence-corrected chi connectivity index (χ2v) is 10.0. The molecule has 1 heterocycles. The van der Waals surface area contributed by atoms with Gasteiger partial charge in [-0.2, -0.15) is 0 Å². The van der Waals surface area contributed by atoms with E-state index < -0.39 is 10.0 Å². The average molecular weight is 405 g/mol. The van der Waals surface area contributed by atoms with Crippen molar-refractivity contribution in [3.63, 3.8) is 0 Å². The maximum Gasteiger partial charge on any atom is 0.244 e. The van der Waals surface area contributed by atoms with Crippen molar-refractivity contribution in [2.45, 2.75) is 62.6 Å². The van der Waals surface area contributed by atoms with Crippen LogP contribution in [0.4, 0.5) is 0 Å². The normalized spacial score (nSPS) is 21.1. The van der Waals surface area contributed by atoms with Gasteiger partial charge in [-0.1, -0.05) is 15.9 Å². The Hall–Kier alpha value is -0.630. The van der Waals surface area contributed by atoms with Crippen LogP contribution in [0.15, 0.2) is 27.6 Å². The molecule has 0 radical (unpaired) electrons. The highest BCUT2D eigenvalue weighted by Gasteiger charge is 2.39. The van der Waals surface area contributed by atoms with E-state index in [1.807, 2.05) is 0 Å². The second kappa shape index (κ2) is 6.35. The predicted molar refractivity (Wildman–Crippen MR) is 95.3 cm³/mol. The van der Waals surface area contributed by atoms with Crippen molar-refractivity contribution in [1.82, 2.24) is 10.0 Å². The minimum atomic E-state index is -3.64. The van der Waals surface area contributed by atoms with Crippen LogP contribution in [0.5, 0.6) is 5.75 Å². The molecule has 0 atom stereocenters. The van der Waals surface area contributed by atoms with Crippen LogP contribution in [0.3, 0.4) is 0 Å². The lowest BCUT2D eigenvalue weighted by molar-refractivity contribution is 0.157. The molecule has 2 rings (SSSR count). The summed E-state index contributed by atoms with van der Waals surface area (Å²) in [6, 6.07) is 4.79. The molecule has 0 saturated carbocycles. The van der Waals surface area contributed by atoms with E-state index in [1.165, 1.54) is 7.11 Å². The Morgan fingerprint density at radius 1 is 1.22 bits per heavy atom. The van der Waals surface area contributed by atoms with Gasteiger partial charge >= 0.3 is 0 Å². The predicted octanol–water partition coefficient (Wildman–Crippen LogP) is 3.05. The van der Waals surface area contributed by atoms with Gasteiger partial charge in [0.2, 0.25) is 10.0 Å². The Balaban J connectivity index is 2.28. The molecule has 1 saturated heterocycles. The third-order valence-corrected chi connectivity index (χ3v) is 5.98. The van der Waals surface area contributed by atoms with Crippen molar-refractivity contribution in [3.05, 3.63) is 22.7 Å². The highest BCUT2D eigenvalue weighted by atomic mass is 79.9. The number of nitrogens with one attached hydrogen (secondary N) is 2. The Morgan fingerprint density at radius 3 is 2.30 bits per heavy atom. The maximum absolute atomic E-state index is 12.8. The van der Waals surface area contributed by atoms with E-state index in [0.29, 0.717) is 5.75 Å². The third kappa shape index (κ3) is 4.68. The number of ether oxygens (including phenoxy) is 1. The van der Waals surface area contributed by atoms with Gasteiger partial charge in [-0.3, -0.25) is 0 Å². The molecule has 23 heavy (non-hydrogen) atoms. The number of hydrogen-bond acceptors (Lipinski definition) is 4. The van der Waals surface area contributed by atoms with E-state index in [-0.39, 0.29) is 22.0 Å². The molecule has 0 unspecified atom stereocenters. The number of hydrogen-bond donors (Lipinski definition) is 2. The van der Waals surface area contributed by atoms with Crippen LogP contribution in [-0.2, 0) is 10.0 Å². The largest absolute Gasteiger partial charge is 0.495 e.